The number of guanidine groups is 1. The third-order valence-corrected chi connectivity index (χ3v) is 4.95. The van der Waals surface area contributed by atoms with Crippen LogP contribution in [0.15, 0.2) is 29.3 Å². The molecule has 1 aliphatic heterocycles. The van der Waals surface area contributed by atoms with Crippen LogP contribution in [0.4, 0.5) is 0 Å². The summed E-state index contributed by atoms with van der Waals surface area (Å²) in [5.74, 6) is 0.806. The summed E-state index contributed by atoms with van der Waals surface area (Å²) in [7, 11) is 3.46. The molecule has 27 heavy (non-hydrogen) atoms. The van der Waals surface area contributed by atoms with E-state index in [1.165, 1.54) is 0 Å². The van der Waals surface area contributed by atoms with Gasteiger partial charge in [-0.15, -0.1) is 24.0 Å². The third kappa shape index (κ3) is 7.65. The SMILES string of the molecule is CN=C(NCCc1cccc(C(=O)NC)c1)NC1CCN(C(C)C)CC1.I. The van der Waals surface area contributed by atoms with E-state index in [4.69, 9.17) is 0 Å². The Balaban J connectivity index is 0.00000364. The van der Waals surface area contributed by atoms with Gasteiger partial charge < -0.3 is 20.9 Å². The molecule has 7 heteroatoms. The lowest BCUT2D eigenvalue weighted by Gasteiger charge is -2.35. The van der Waals surface area contributed by atoms with Gasteiger partial charge in [0.05, 0.1) is 0 Å². The normalized spacial score (nSPS) is 16.0. The molecule has 2 rings (SSSR count). The molecule has 1 saturated heterocycles. The van der Waals surface area contributed by atoms with Crippen LogP contribution in [-0.4, -0.2) is 62.6 Å². The summed E-state index contributed by atoms with van der Waals surface area (Å²) in [6, 6.07) is 8.85. The fraction of sp³-hybridized carbons (Fsp3) is 0.600. The van der Waals surface area contributed by atoms with E-state index in [1.807, 2.05) is 31.3 Å². The number of nitrogens with zero attached hydrogens (tertiary/aromatic N) is 2. The van der Waals surface area contributed by atoms with Crippen LogP contribution in [0.1, 0.15) is 42.6 Å². The van der Waals surface area contributed by atoms with Crippen LogP contribution in [-0.2, 0) is 6.42 Å². The van der Waals surface area contributed by atoms with Gasteiger partial charge in [0.15, 0.2) is 5.96 Å². The summed E-state index contributed by atoms with van der Waals surface area (Å²) in [5.41, 5.74) is 1.84. The van der Waals surface area contributed by atoms with Crippen molar-refractivity contribution in [2.45, 2.75) is 45.2 Å². The van der Waals surface area contributed by atoms with E-state index in [2.05, 4.69) is 39.7 Å². The minimum atomic E-state index is -0.0509. The zero-order valence-corrected chi connectivity index (χ0v) is 19.2. The molecule has 0 aliphatic carbocycles. The minimum Gasteiger partial charge on any atom is -0.356 e. The molecule has 152 valence electrons. The molecular formula is C20H34IN5O. The second kappa shape index (κ2) is 12.2. The Morgan fingerprint density at radius 1 is 1.30 bits per heavy atom. The number of hydrogen-bond donors (Lipinski definition) is 3. The molecule has 1 amide bonds. The van der Waals surface area contributed by atoms with Gasteiger partial charge in [-0.05, 0) is 50.8 Å². The number of likely N-dealkylation sites (tertiary alicyclic amines) is 1. The Hall–Kier alpha value is -1.35. The predicted molar refractivity (Wildman–Crippen MR) is 123 cm³/mol. The first-order chi connectivity index (χ1) is 12.5. The lowest BCUT2D eigenvalue weighted by atomic mass is 10.0. The van der Waals surface area contributed by atoms with Crippen molar-refractivity contribution in [1.82, 2.24) is 20.9 Å². The van der Waals surface area contributed by atoms with Gasteiger partial charge in [-0.3, -0.25) is 9.79 Å². The number of benzene rings is 1. The largest absolute Gasteiger partial charge is 0.356 e. The van der Waals surface area contributed by atoms with Gasteiger partial charge in [0.1, 0.15) is 0 Å². The van der Waals surface area contributed by atoms with Crippen molar-refractivity contribution in [2.24, 2.45) is 4.99 Å². The summed E-state index contributed by atoms with van der Waals surface area (Å²) in [6.07, 6.45) is 3.14. The molecule has 3 N–H and O–H groups in total. The molecule has 0 saturated carbocycles. The third-order valence-electron chi connectivity index (χ3n) is 4.95. The van der Waals surface area contributed by atoms with Crippen LogP contribution >= 0.6 is 24.0 Å². The smallest absolute Gasteiger partial charge is 0.251 e. The highest BCUT2D eigenvalue weighted by molar-refractivity contribution is 14.0. The van der Waals surface area contributed by atoms with Crippen LogP contribution in [0.25, 0.3) is 0 Å². The average molecular weight is 487 g/mol. The number of carbonyl (C=O) groups is 1. The first-order valence-corrected chi connectivity index (χ1v) is 9.55. The summed E-state index contributed by atoms with van der Waals surface area (Å²) in [5, 5.41) is 9.59. The van der Waals surface area contributed by atoms with Crippen LogP contribution in [0.3, 0.4) is 0 Å². The molecule has 0 bridgehead atoms. The first-order valence-electron chi connectivity index (χ1n) is 9.55. The second-order valence-corrected chi connectivity index (χ2v) is 7.08. The quantitative estimate of drug-likeness (QED) is 0.327. The van der Waals surface area contributed by atoms with Gasteiger partial charge >= 0.3 is 0 Å². The average Bonchev–Trinajstić information content (AvgIpc) is 2.67. The Kier molecular flexibility index (Phi) is 10.7. The number of rotatable bonds is 6. The second-order valence-electron chi connectivity index (χ2n) is 7.08. The van der Waals surface area contributed by atoms with E-state index < -0.39 is 0 Å². The number of amides is 1. The number of hydrogen-bond acceptors (Lipinski definition) is 3. The van der Waals surface area contributed by atoms with Crippen molar-refractivity contribution in [3.8, 4) is 0 Å². The van der Waals surface area contributed by atoms with Crippen molar-refractivity contribution < 1.29 is 4.79 Å². The molecule has 1 aromatic rings. The molecule has 6 nitrogen and oxygen atoms in total. The number of nitrogens with one attached hydrogen (secondary N) is 3. The zero-order valence-electron chi connectivity index (χ0n) is 16.9. The molecule has 0 radical (unpaired) electrons. The molecule has 1 heterocycles. The van der Waals surface area contributed by atoms with Crippen LogP contribution in [0.5, 0.6) is 0 Å². The van der Waals surface area contributed by atoms with Gasteiger partial charge in [0, 0.05) is 51.4 Å². The highest BCUT2D eigenvalue weighted by Crippen LogP contribution is 2.12. The standard InChI is InChI=1S/C20H33N5O.HI/c1-15(2)25-12-9-18(10-13-25)24-20(22-4)23-11-8-16-6-5-7-17(14-16)19(26)21-3;/h5-7,14-15,18H,8-13H2,1-4H3,(H,21,26)(H2,22,23,24);1H. The van der Waals surface area contributed by atoms with Crippen LogP contribution in [0, 0.1) is 0 Å². The Labute approximate surface area is 180 Å². The highest BCUT2D eigenvalue weighted by atomic mass is 127. The van der Waals surface area contributed by atoms with Crippen molar-refractivity contribution in [2.75, 3.05) is 33.7 Å². The summed E-state index contributed by atoms with van der Waals surface area (Å²) in [4.78, 5) is 18.6. The van der Waals surface area contributed by atoms with Crippen molar-refractivity contribution in [1.29, 1.82) is 0 Å². The maximum absolute atomic E-state index is 11.7. The lowest BCUT2D eigenvalue weighted by Crippen LogP contribution is -2.50. The fourth-order valence-corrected chi connectivity index (χ4v) is 3.29. The van der Waals surface area contributed by atoms with E-state index >= 15 is 0 Å². The lowest BCUT2D eigenvalue weighted by molar-refractivity contribution is 0.0963. The Bertz CT molecular complexity index is 612. The summed E-state index contributed by atoms with van der Waals surface area (Å²) in [6.45, 7) is 7.57. The number of piperidine rings is 1. The number of carbonyl (C=O) groups excluding carboxylic acids is 1. The van der Waals surface area contributed by atoms with Gasteiger partial charge in [0.25, 0.3) is 5.91 Å². The van der Waals surface area contributed by atoms with Gasteiger partial charge in [0.2, 0.25) is 0 Å². The molecule has 0 unspecified atom stereocenters. The van der Waals surface area contributed by atoms with E-state index in [0.717, 1.165) is 50.4 Å². The van der Waals surface area contributed by atoms with Crippen LogP contribution < -0.4 is 16.0 Å². The molecule has 1 aliphatic rings. The maximum atomic E-state index is 11.7. The van der Waals surface area contributed by atoms with Crippen molar-refractivity contribution >= 4 is 35.8 Å². The fourth-order valence-electron chi connectivity index (χ4n) is 3.29. The minimum absolute atomic E-state index is 0. The van der Waals surface area contributed by atoms with Crippen molar-refractivity contribution in [3.05, 3.63) is 35.4 Å². The predicted octanol–water partition coefficient (Wildman–Crippen LogP) is 2.24. The van der Waals surface area contributed by atoms with E-state index in [0.29, 0.717) is 17.6 Å². The number of halogens is 1. The molecule has 0 spiro atoms. The van der Waals surface area contributed by atoms with Gasteiger partial charge in [-0.25, -0.2) is 0 Å². The molecule has 0 atom stereocenters. The molecular weight excluding hydrogens is 453 g/mol. The van der Waals surface area contributed by atoms with Crippen molar-refractivity contribution in [3.63, 3.8) is 0 Å². The topological polar surface area (TPSA) is 68.8 Å². The van der Waals surface area contributed by atoms with E-state index in [-0.39, 0.29) is 29.9 Å². The Morgan fingerprint density at radius 3 is 2.59 bits per heavy atom. The summed E-state index contributed by atoms with van der Waals surface area (Å²) >= 11 is 0. The molecule has 0 aromatic heterocycles. The maximum Gasteiger partial charge on any atom is 0.251 e. The van der Waals surface area contributed by atoms with Gasteiger partial charge in [-0.1, -0.05) is 12.1 Å². The molecule has 1 fully saturated rings. The summed E-state index contributed by atoms with van der Waals surface area (Å²) < 4.78 is 0. The monoisotopic (exact) mass is 487 g/mol. The van der Waals surface area contributed by atoms with Gasteiger partial charge in [-0.2, -0.15) is 0 Å². The molecule has 1 aromatic carbocycles. The van der Waals surface area contributed by atoms with E-state index in [1.54, 1.807) is 7.05 Å². The van der Waals surface area contributed by atoms with E-state index in [9.17, 15) is 4.79 Å². The first kappa shape index (κ1) is 23.7. The number of aliphatic imine (C=N–C) groups is 1. The zero-order chi connectivity index (χ0) is 18.9. The van der Waals surface area contributed by atoms with Crippen LogP contribution in [0.2, 0.25) is 0 Å². The Morgan fingerprint density at radius 2 is 2.00 bits per heavy atom. The highest BCUT2D eigenvalue weighted by Gasteiger charge is 2.21.